The number of ether oxygens (including phenoxy) is 1. The second kappa shape index (κ2) is 38.7. The van der Waals surface area contributed by atoms with E-state index in [2.05, 4.69) is 56.9 Å². The van der Waals surface area contributed by atoms with Crippen LogP contribution in [0.15, 0.2) is 24.3 Å². The van der Waals surface area contributed by atoms with Gasteiger partial charge in [-0.3, -0.25) is 4.79 Å². The summed E-state index contributed by atoms with van der Waals surface area (Å²) in [6.07, 6.45) is 44.3. The zero-order valence-corrected chi connectivity index (χ0v) is 33.0. The molecule has 0 aromatic heterocycles. The van der Waals surface area contributed by atoms with E-state index in [-0.39, 0.29) is 11.9 Å². The second-order valence-corrected chi connectivity index (χ2v) is 14.6. The summed E-state index contributed by atoms with van der Waals surface area (Å²) in [5, 5.41) is 9.48. The van der Waals surface area contributed by atoms with Crippen LogP contribution in [0.25, 0.3) is 0 Å². The molecule has 0 rings (SSSR count). The van der Waals surface area contributed by atoms with Crippen molar-refractivity contribution in [3.8, 4) is 0 Å². The van der Waals surface area contributed by atoms with Crippen molar-refractivity contribution in [1.82, 2.24) is 4.90 Å². The number of nitrogens with zero attached hydrogens (tertiary/aromatic N) is 1. The Kier molecular flexibility index (Phi) is 37.8. The highest BCUT2D eigenvalue weighted by Crippen LogP contribution is 2.24. The van der Waals surface area contributed by atoms with Gasteiger partial charge >= 0.3 is 5.97 Å². The average molecular weight is 676 g/mol. The topological polar surface area (TPSA) is 49.8 Å². The zero-order chi connectivity index (χ0) is 35.2. The Labute approximate surface area is 301 Å². The van der Waals surface area contributed by atoms with E-state index in [1.807, 2.05) is 0 Å². The summed E-state index contributed by atoms with van der Waals surface area (Å²) in [6.45, 7) is 12.2. The molecule has 4 heteroatoms. The van der Waals surface area contributed by atoms with Crippen LogP contribution in [0, 0.1) is 5.92 Å². The maximum Gasteiger partial charge on any atom is 0.308 e. The van der Waals surface area contributed by atoms with Crippen LogP contribution < -0.4 is 0 Å². The Bertz CT molecular complexity index is 705. The molecule has 0 fully saturated rings. The third-order valence-corrected chi connectivity index (χ3v) is 9.98. The molecular weight excluding hydrogens is 590 g/mol. The molecule has 0 heterocycles. The second-order valence-electron chi connectivity index (χ2n) is 14.6. The molecule has 1 N–H and O–H groups in total. The minimum Gasteiger partial charge on any atom is -0.465 e. The summed E-state index contributed by atoms with van der Waals surface area (Å²) in [5.41, 5.74) is 0. The van der Waals surface area contributed by atoms with E-state index in [0.29, 0.717) is 19.3 Å². The molecule has 0 bridgehead atoms. The summed E-state index contributed by atoms with van der Waals surface area (Å²) in [6, 6.07) is 0.590. The molecular formula is C44H85NO3. The summed E-state index contributed by atoms with van der Waals surface area (Å²) < 4.78 is 5.80. The lowest BCUT2D eigenvalue weighted by Crippen LogP contribution is -2.37. The standard InChI is InChI=1S/C44H85NO3/c1-5-9-13-16-17-18-19-20-21-22-23-24-25-26-27-29-38-45(39-30-31-40-46)43(36-12-8-4)37-33-35-42(34-28-14-10-6-2)44(47)48-41-32-15-11-7-3/h17-18,20-21,42-43,46H,5-16,19,22-41H2,1-4H3/b18-17-,21-20-. The van der Waals surface area contributed by atoms with Gasteiger partial charge in [-0.2, -0.15) is 0 Å². The van der Waals surface area contributed by atoms with E-state index in [9.17, 15) is 9.90 Å². The molecule has 48 heavy (non-hydrogen) atoms. The number of hydrogen-bond acceptors (Lipinski definition) is 4. The molecule has 0 saturated carbocycles. The highest BCUT2D eigenvalue weighted by Gasteiger charge is 2.22. The van der Waals surface area contributed by atoms with Crippen molar-refractivity contribution >= 4 is 5.97 Å². The van der Waals surface area contributed by atoms with Gasteiger partial charge in [-0.15, -0.1) is 0 Å². The van der Waals surface area contributed by atoms with Gasteiger partial charge in [0.05, 0.1) is 12.5 Å². The molecule has 0 aliphatic rings. The summed E-state index contributed by atoms with van der Waals surface area (Å²) in [4.78, 5) is 15.9. The number of carbonyl (C=O) groups is 1. The van der Waals surface area contributed by atoms with Crippen molar-refractivity contribution < 1.29 is 14.6 Å². The third kappa shape index (κ3) is 30.9. The first-order chi connectivity index (χ1) is 23.6. The SMILES string of the molecule is CCCCC/C=C\C/C=C\CCCCCCCCN(CCCCO)C(CCCC)CCCC(CCCCCC)C(=O)OCCCCCC. The van der Waals surface area contributed by atoms with E-state index in [0.717, 1.165) is 64.3 Å². The van der Waals surface area contributed by atoms with Gasteiger partial charge in [-0.1, -0.05) is 155 Å². The lowest BCUT2D eigenvalue weighted by atomic mass is 9.92. The number of hydrogen-bond donors (Lipinski definition) is 1. The van der Waals surface area contributed by atoms with E-state index < -0.39 is 0 Å². The molecule has 0 aliphatic heterocycles. The van der Waals surface area contributed by atoms with Crippen LogP contribution in [0.1, 0.15) is 214 Å². The van der Waals surface area contributed by atoms with Gasteiger partial charge in [0.25, 0.3) is 0 Å². The van der Waals surface area contributed by atoms with Crippen LogP contribution in [0.5, 0.6) is 0 Å². The Morgan fingerprint density at radius 2 is 1.04 bits per heavy atom. The first-order valence-electron chi connectivity index (χ1n) is 21.5. The molecule has 284 valence electrons. The number of carbonyl (C=O) groups excluding carboxylic acids is 1. The minimum absolute atomic E-state index is 0.0641. The van der Waals surface area contributed by atoms with E-state index >= 15 is 0 Å². The molecule has 0 aromatic carbocycles. The lowest BCUT2D eigenvalue weighted by molar-refractivity contribution is -0.149. The predicted octanol–water partition coefficient (Wildman–Crippen LogP) is 13.3. The molecule has 2 unspecified atom stereocenters. The number of allylic oxidation sites excluding steroid dienone is 4. The van der Waals surface area contributed by atoms with Crippen molar-refractivity contribution in [3.63, 3.8) is 0 Å². The van der Waals surface area contributed by atoms with Crippen LogP contribution >= 0.6 is 0 Å². The van der Waals surface area contributed by atoms with Crippen LogP contribution in [0.3, 0.4) is 0 Å². The maximum atomic E-state index is 13.1. The number of rotatable bonds is 38. The van der Waals surface area contributed by atoms with Gasteiger partial charge in [-0.05, 0) is 96.6 Å². The molecule has 2 atom stereocenters. The fraction of sp³-hybridized carbons (Fsp3) is 0.886. The summed E-state index contributed by atoms with van der Waals surface area (Å²) in [5.74, 6) is 0.129. The van der Waals surface area contributed by atoms with Gasteiger partial charge in [0.2, 0.25) is 0 Å². The van der Waals surface area contributed by atoms with Crippen LogP contribution in [0.4, 0.5) is 0 Å². The molecule has 0 radical (unpaired) electrons. The Morgan fingerprint density at radius 3 is 1.69 bits per heavy atom. The van der Waals surface area contributed by atoms with Crippen molar-refractivity contribution in [2.75, 3.05) is 26.3 Å². The van der Waals surface area contributed by atoms with Gasteiger partial charge in [0, 0.05) is 12.6 Å². The Balaban J connectivity index is 4.73. The van der Waals surface area contributed by atoms with Crippen molar-refractivity contribution in [2.45, 2.75) is 220 Å². The summed E-state index contributed by atoms with van der Waals surface area (Å²) in [7, 11) is 0. The number of aliphatic hydroxyl groups is 1. The number of esters is 1. The molecule has 0 aromatic rings. The zero-order valence-electron chi connectivity index (χ0n) is 33.0. The monoisotopic (exact) mass is 676 g/mol. The van der Waals surface area contributed by atoms with E-state index in [1.54, 1.807) is 0 Å². The molecule has 0 amide bonds. The van der Waals surface area contributed by atoms with E-state index in [4.69, 9.17) is 4.74 Å². The first kappa shape index (κ1) is 46.9. The fourth-order valence-corrected chi connectivity index (χ4v) is 6.77. The predicted molar refractivity (Wildman–Crippen MR) is 212 cm³/mol. The van der Waals surface area contributed by atoms with Crippen molar-refractivity contribution in [3.05, 3.63) is 24.3 Å². The first-order valence-corrected chi connectivity index (χ1v) is 21.5. The van der Waals surface area contributed by atoms with Crippen LogP contribution in [-0.2, 0) is 9.53 Å². The molecule has 0 spiro atoms. The summed E-state index contributed by atoms with van der Waals surface area (Å²) >= 11 is 0. The average Bonchev–Trinajstić information content (AvgIpc) is 3.09. The molecule has 0 saturated heterocycles. The van der Waals surface area contributed by atoms with Crippen LogP contribution in [-0.4, -0.2) is 48.3 Å². The maximum absolute atomic E-state index is 13.1. The fourth-order valence-electron chi connectivity index (χ4n) is 6.77. The van der Waals surface area contributed by atoms with Gasteiger partial charge in [0.1, 0.15) is 0 Å². The molecule has 0 aliphatic carbocycles. The van der Waals surface area contributed by atoms with Crippen molar-refractivity contribution in [1.29, 1.82) is 0 Å². The highest BCUT2D eigenvalue weighted by molar-refractivity contribution is 5.72. The Morgan fingerprint density at radius 1 is 0.542 bits per heavy atom. The lowest BCUT2D eigenvalue weighted by Gasteiger charge is -2.32. The van der Waals surface area contributed by atoms with E-state index in [1.165, 1.54) is 135 Å². The van der Waals surface area contributed by atoms with Gasteiger partial charge < -0.3 is 14.7 Å². The molecule has 4 nitrogen and oxygen atoms in total. The van der Waals surface area contributed by atoms with Gasteiger partial charge in [0.15, 0.2) is 0 Å². The normalized spacial score (nSPS) is 13.3. The highest BCUT2D eigenvalue weighted by atomic mass is 16.5. The minimum atomic E-state index is 0.0641. The quantitative estimate of drug-likeness (QED) is 0.0402. The number of unbranched alkanes of at least 4 members (excludes halogenated alkanes) is 17. The van der Waals surface area contributed by atoms with Crippen molar-refractivity contribution in [2.24, 2.45) is 5.92 Å². The third-order valence-electron chi connectivity index (χ3n) is 9.98. The Hall–Kier alpha value is -1.13. The number of aliphatic hydroxyl groups excluding tert-OH is 1. The smallest absolute Gasteiger partial charge is 0.308 e. The van der Waals surface area contributed by atoms with Gasteiger partial charge in [-0.25, -0.2) is 0 Å². The van der Waals surface area contributed by atoms with Crippen LogP contribution in [0.2, 0.25) is 0 Å². The largest absolute Gasteiger partial charge is 0.465 e.